The molecule has 1 saturated carbocycles. The third-order valence-electron chi connectivity index (χ3n) is 3.82. The number of hydrogen-bond donors (Lipinski definition) is 1. The fourth-order valence-electron chi connectivity index (χ4n) is 2.93. The molecule has 2 rings (SSSR count). The predicted octanol–water partition coefficient (Wildman–Crippen LogP) is 3.29. The first-order valence-corrected chi connectivity index (χ1v) is 6.50. The minimum absolute atomic E-state index is 0.158. The molecule has 1 aromatic carbocycles. The van der Waals surface area contributed by atoms with Gasteiger partial charge in [0.05, 0.1) is 5.56 Å². The molecule has 0 radical (unpaired) electrons. The van der Waals surface area contributed by atoms with Gasteiger partial charge in [-0.2, -0.15) is 0 Å². The summed E-state index contributed by atoms with van der Waals surface area (Å²) in [5, 5.41) is 0. The number of Topliss-reactive ketones (excluding diaryl/α,β-unsaturated/α-hetero) is 1. The Labute approximate surface area is 107 Å². The van der Waals surface area contributed by atoms with Crippen LogP contribution in [0.15, 0.2) is 12.1 Å². The van der Waals surface area contributed by atoms with Crippen molar-refractivity contribution >= 4 is 5.78 Å². The first-order chi connectivity index (χ1) is 8.41. The van der Waals surface area contributed by atoms with Crippen molar-refractivity contribution < 1.29 is 9.18 Å². The van der Waals surface area contributed by atoms with Crippen molar-refractivity contribution in [2.75, 3.05) is 0 Å². The van der Waals surface area contributed by atoms with E-state index in [9.17, 15) is 9.18 Å². The Morgan fingerprint density at radius 3 is 2.50 bits per heavy atom. The molecular formula is C15H20FNO. The molecule has 3 heteroatoms. The highest BCUT2D eigenvalue weighted by molar-refractivity contribution is 5.98. The van der Waals surface area contributed by atoms with Gasteiger partial charge in [-0.15, -0.1) is 0 Å². The average molecular weight is 249 g/mol. The van der Waals surface area contributed by atoms with Crippen LogP contribution in [0.3, 0.4) is 0 Å². The normalized spacial score (nSPS) is 18.0. The van der Waals surface area contributed by atoms with Gasteiger partial charge < -0.3 is 5.73 Å². The van der Waals surface area contributed by atoms with Gasteiger partial charge in [0.2, 0.25) is 0 Å². The van der Waals surface area contributed by atoms with Crippen LogP contribution in [-0.2, 0) is 0 Å². The number of nitrogens with two attached hydrogens (primary N) is 1. The Hall–Kier alpha value is -1.22. The Kier molecular flexibility index (Phi) is 3.53. The van der Waals surface area contributed by atoms with Gasteiger partial charge in [0, 0.05) is 12.0 Å². The van der Waals surface area contributed by atoms with Crippen LogP contribution >= 0.6 is 0 Å². The van der Waals surface area contributed by atoms with Gasteiger partial charge in [0.1, 0.15) is 5.82 Å². The van der Waals surface area contributed by atoms with E-state index in [1.807, 2.05) is 13.0 Å². The topological polar surface area (TPSA) is 43.1 Å². The van der Waals surface area contributed by atoms with E-state index in [4.69, 9.17) is 5.73 Å². The Balaban J connectivity index is 2.24. The highest BCUT2D eigenvalue weighted by atomic mass is 19.1. The van der Waals surface area contributed by atoms with Crippen molar-refractivity contribution in [3.05, 3.63) is 34.6 Å². The molecule has 0 heterocycles. The lowest BCUT2D eigenvalue weighted by Crippen LogP contribution is -2.39. The molecule has 1 aliphatic carbocycles. The molecular weight excluding hydrogens is 229 g/mol. The standard InChI is InChI=1S/C15H20FNO/c1-10-7-11(2)14(12(16)8-10)13(18)9-15(17)5-3-4-6-15/h7-8H,3-6,9,17H2,1-2H3. The van der Waals surface area contributed by atoms with Crippen LogP contribution in [0.4, 0.5) is 4.39 Å². The van der Waals surface area contributed by atoms with E-state index in [2.05, 4.69) is 0 Å². The Morgan fingerprint density at radius 2 is 1.94 bits per heavy atom. The molecule has 0 saturated heterocycles. The van der Waals surface area contributed by atoms with Gasteiger partial charge in [-0.3, -0.25) is 4.79 Å². The summed E-state index contributed by atoms with van der Waals surface area (Å²) in [5.74, 6) is -0.575. The van der Waals surface area contributed by atoms with E-state index in [1.165, 1.54) is 6.07 Å². The van der Waals surface area contributed by atoms with Crippen molar-refractivity contribution in [3.8, 4) is 0 Å². The molecule has 1 aromatic rings. The Bertz CT molecular complexity index is 452. The predicted molar refractivity (Wildman–Crippen MR) is 70.2 cm³/mol. The number of halogens is 1. The molecule has 0 amide bonds. The zero-order valence-corrected chi connectivity index (χ0v) is 11.1. The second-order valence-electron chi connectivity index (χ2n) is 5.61. The molecule has 1 fully saturated rings. The number of aryl methyl sites for hydroxylation is 2. The van der Waals surface area contributed by atoms with Gasteiger partial charge in [-0.1, -0.05) is 18.9 Å². The first kappa shape index (κ1) is 13.2. The summed E-state index contributed by atoms with van der Waals surface area (Å²) in [4.78, 5) is 12.2. The molecule has 0 aliphatic heterocycles. The van der Waals surface area contributed by atoms with Crippen LogP contribution in [-0.4, -0.2) is 11.3 Å². The lowest BCUT2D eigenvalue weighted by Gasteiger charge is -2.23. The summed E-state index contributed by atoms with van der Waals surface area (Å²) >= 11 is 0. The maximum Gasteiger partial charge on any atom is 0.167 e. The van der Waals surface area contributed by atoms with Gasteiger partial charge in [-0.25, -0.2) is 4.39 Å². The zero-order chi connectivity index (χ0) is 13.3. The Morgan fingerprint density at radius 1 is 1.33 bits per heavy atom. The monoisotopic (exact) mass is 249 g/mol. The number of carbonyl (C=O) groups excluding carboxylic acids is 1. The first-order valence-electron chi connectivity index (χ1n) is 6.50. The van der Waals surface area contributed by atoms with Crippen LogP contribution in [0.1, 0.15) is 53.6 Å². The summed E-state index contributed by atoms with van der Waals surface area (Å²) in [7, 11) is 0. The third kappa shape index (κ3) is 2.61. The molecule has 2 nitrogen and oxygen atoms in total. The molecule has 0 atom stereocenters. The quantitative estimate of drug-likeness (QED) is 0.835. The highest BCUT2D eigenvalue weighted by Crippen LogP contribution is 2.32. The average Bonchev–Trinajstić information content (AvgIpc) is 2.62. The zero-order valence-electron chi connectivity index (χ0n) is 11.1. The van der Waals surface area contributed by atoms with E-state index >= 15 is 0 Å². The summed E-state index contributed by atoms with van der Waals surface area (Å²) < 4.78 is 13.9. The lowest BCUT2D eigenvalue weighted by atomic mass is 9.88. The minimum atomic E-state index is -0.418. The van der Waals surface area contributed by atoms with Crippen molar-refractivity contribution in [3.63, 3.8) is 0 Å². The molecule has 0 aromatic heterocycles. The summed E-state index contributed by atoms with van der Waals surface area (Å²) in [6, 6.07) is 3.26. The largest absolute Gasteiger partial charge is 0.325 e. The number of hydrogen-bond acceptors (Lipinski definition) is 2. The summed E-state index contributed by atoms with van der Waals surface area (Å²) in [6.07, 6.45) is 4.13. The smallest absolute Gasteiger partial charge is 0.167 e. The van der Waals surface area contributed by atoms with Gasteiger partial charge >= 0.3 is 0 Å². The van der Waals surface area contributed by atoms with Crippen LogP contribution < -0.4 is 5.73 Å². The van der Waals surface area contributed by atoms with Gasteiger partial charge in [0.25, 0.3) is 0 Å². The SMILES string of the molecule is Cc1cc(C)c(C(=O)CC2(N)CCCC2)c(F)c1. The van der Waals surface area contributed by atoms with Crippen LogP contribution in [0.2, 0.25) is 0 Å². The molecule has 0 unspecified atom stereocenters. The minimum Gasteiger partial charge on any atom is -0.325 e. The third-order valence-corrected chi connectivity index (χ3v) is 3.82. The molecule has 98 valence electrons. The molecule has 0 bridgehead atoms. The summed E-state index contributed by atoms with van der Waals surface area (Å²) in [5.41, 5.74) is 7.53. The van der Waals surface area contributed by atoms with E-state index in [0.29, 0.717) is 5.56 Å². The second-order valence-corrected chi connectivity index (χ2v) is 5.61. The maximum atomic E-state index is 13.9. The van der Waals surface area contributed by atoms with E-state index in [0.717, 1.165) is 31.2 Å². The molecule has 1 aliphatic rings. The maximum absolute atomic E-state index is 13.9. The van der Waals surface area contributed by atoms with Crippen LogP contribution in [0, 0.1) is 19.7 Å². The van der Waals surface area contributed by atoms with Gasteiger partial charge in [0.15, 0.2) is 5.78 Å². The van der Waals surface area contributed by atoms with Crippen molar-refractivity contribution in [1.82, 2.24) is 0 Å². The van der Waals surface area contributed by atoms with Crippen molar-refractivity contribution in [2.24, 2.45) is 5.73 Å². The number of ketones is 1. The van der Waals surface area contributed by atoms with Crippen LogP contribution in [0.25, 0.3) is 0 Å². The molecule has 18 heavy (non-hydrogen) atoms. The highest BCUT2D eigenvalue weighted by Gasteiger charge is 2.33. The second kappa shape index (κ2) is 4.81. The van der Waals surface area contributed by atoms with E-state index in [-0.39, 0.29) is 17.8 Å². The number of carbonyl (C=O) groups is 1. The van der Waals surface area contributed by atoms with Crippen LogP contribution in [0.5, 0.6) is 0 Å². The van der Waals surface area contributed by atoms with Crippen molar-refractivity contribution in [1.29, 1.82) is 0 Å². The summed E-state index contributed by atoms with van der Waals surface area (Å²) in [6.45, 7) is 3.60. The number of rotatable bonds is 3. The van der Waals surface area contributed by atoms with Gasteiger partial charge in [-0.05, 0) is 43.9 Å². The lowest BCUT2D eigenvalue weighted by molar-refractivity contribution is 0.0947. The molecule has 0 spiro atoms. The molecule has 2 N–H and O–H groups in total. The van der Waals surface area contributed by atoms with E-state index < -0.39 is 11.4 Å². The number of benzene rings is 1. The van der Waals surface area contributed by atoms with E-state index in [1.54, 1.807) is 6.92 Å². The fourth-order valence-corrected chi connectivity index (χ4v) is 2.93. The van der Waals surface area contributed by atoms with Crippen molar-refractivity contribution in [2.45, 2.75) is 51.5 Å². The fraction of sp³-hybridized carbons (Fsp3) is 0.533.